The predicted octanol–water partition coefficient (Wildman–Crippen LogP) is 3.44. The van der Waals surface area contributed by atoms with E-state index in [4.69, 9.17) is 14.2 Å². The van der Waals surface area contributed by atoms with Gasteiger partial charge in [0.1, 0.15) is 30.8 Å². The Kier molecular flexibility index (Phi) is 9.03. The lowest BCUT2D eigenvalue weighted by Crippen LogP contribution is -2.29. The van der Waals surface area contributed by atoms with Crippen LogP contribution in [0.1, 0.15) is 42.3 Å². The predicted molar refractivity (Wildman–Crippen MR) is 116 cm³/mol. The number of rotatable bonds is 12. The smallest absolute Gasteiger partial charge is 0.333 e. The number of carbonyl (C=O) groups excluding carboxylic acids is 1. The van der Waals surface area contributed by atoms with E-state index in [-0.39, 0.29) is 31.5 Å². The number of carboxylic acid groups (broad SMARTS) is 1. The maximum absolute atomic E-state index is 11.4. The fourth-order valence-electron chi connectivity index (χ4n) is 2.96. The van der Waals surface area contributed by atoms with Gasteiger partial charge in [-0.3, -0.25) is 4.79 Å². The number of hydrogen-bond donors (Lipinski definition) is 2. The second kappa shape index (κ2) is 11.5. The van der Waals surface area contributed by atoms with Crippen LogP contribution >= 0.6 is 0 Å². The van der Waals surface area contributed by atoms with Gasteiger partial charge < -0.3 is 24.4 Å². The first kappa shape index (κ1) is 24.4. The van der Waals surface area contributed by atoms with E-state index in [1.165, 1.54) is 6.92 Å². The molecule has 7 heteroatoms. The van der Waals surface area contributed by atoms with Crippen molar-refractivity contribution in [2.24, 2.45) is 0 Å². The van der Waals surface area contributed by atoms with Gasteiger partial charge in [0.15, 0.2) is 11.9 Å². The third-order valence-corrected chi connectivity index (χ3v) is 4.49. The highest BCUT2D eigenvalue weighted by Gasteiger charge is 2.20. The second-order valence-electron chi connectivity index (χ2n) is 7.68. The van der Waals surface area contributed by atoms with Crippen LogP contribution in [-0.4, -0.2) is 53.5 Å². The van der Waals surface area contributed by atoms with Crippen molar-refractivity contribution in [1.29, 1.82) is 0 Å². The molecule has 2 aromatic rings. The maximum atomic E-state index is 11.4. The highest BCUT2D eigenvalue weighted by Crippen LogP contribution is 2.20. The molecule has 0 aromatic heterocycles. The van der Waals surface area contributed by atoms with Gasteiger partial charge in [-0.25, -0.2) is 4.79 Å². The number of hydrogen-bond acceptors (Lipinski definition) is 6. The van der Waals surface area contributed by atoms with Crippen LogP contribution in [0.5, 0.6) is 11.5 Å². The van der Waals surface area contributed by atoms with Crippen molar-refractivity contribution in [2.75, 3.05) is 13.2 Å². The first-order chi connectivity index (χ1) is 14.7. The summed E-state index contributed by atoms with van der Waals surface area (Å²) in [7, 11) is 0. The molecule has 0 fully saturated rings. The zero-order valence-electron chi connectivity index (χ0n) is 18.3. The molecule has 0 bridgehead atoms. The van der Waals surface area contributed by atoms with E-state index in [2.05, 4.69) is 0 Å². The van der Waals surface area contributed by atoms with Gasteiger partial charge in [0.05, 0.1) is 6.10 Å². The van der Waals surface area contributed by atoms with Crippen LogP contribution in [0.3, 0.4) is 0 Å². The lowest BCUT2D eigenvalue weighted by atomic mass is 10.1. The van der Waals surface area contributed by atoms with Crippen molar-refractivity contribution in [3.63, 3.8) is 0 Å². The summed E-state index contributed by atoms with van der Waals surface area (Å²) in [6.07, 6.45) is -1.79. The van der Waals surface area contributed by atoms with Crippen LogP contribution in [0.2, 0.25) is 0 Å². The summed E-state index contributed by atoms with van der Waals surface area (Å²) in [5.41, 5.74) is 2.18. The largest absolute Gasteiger partial charge is 0.491 e. The van der Waals surface area contributed by atoms with E-state index >= 15 is 0 Å². The Hall–Kier alpha value is -2.90. The normalized spacial score (nSPS) is 13.0. The van der Waals surface area contributed by atoms with Crippen molar-refractivity contribution in [3.05, 3.63) is 59.2 Å². The molecule has 0 aliphatic carbocycles. The summed E-state index contributed by atoms with van der Waals surface area (Å²) < 4.78 is 16.7. The Balaban J connectivity index is 1.88. The molecule has 0 saturated heterocycles. The summed E-state index contributed by atoms with van der Waals surface area (Å²) in [4.78, 5) is 22.8. The molecule has 31 heavy (non-hydrogen) atoms. The molecule has 2 rings (SSSR count). The highest BCUT2D eigenvalue weighted by atomic mass is 16.5. The van der Waals surface area contributed by atoms with E-state index < -0.39 is 18.2 Å². The van der Waals surface area contributed by atoms with Crippen molar-refractivity contribution >= 4 is 11.8 Å². The Morgan fingerprint density at radius 1 is 1.03 bits per heavy atom. The van der Waals surface area contributed by atoms with Gasteiger partial charge in [0.2, 0.25) is 0 Å². The van der Waals surface area contributed by atoms with E-state index in [1.807, 2.05) is 6.92 Å². The molecular weight excluding hydrogens is 400 g/mol. The lowest BCUT2D eigenvalue weighted by molar-refractivity contribution is -0.153. The number of carbonyl (C=O) groups is 2. The van der Waals surface area contributed by atoms with Crippen LogP contribution in [0.25, 0.3) is 0 Å². The molecule has 0 amide bonds. The Morgan fingerprint density at radius 3 is 2.35 bits per heavy atom. The summed E-state index contributed by atoms with van der Waals surface area (Å²) in [5.74, 6) is 0.0816. The average molecular weight is 430 g/mol. The number of Topliss-reactive ketones (excluding diaryl/α,β-unsaturated/α-hetero) is 1. The van der Waals surface area contributed by atoms with Crippen LogP contribution in [0.15, 0.2) is 42.5 Å². The third kappa shape index (κ3) is 8.03. The van der Waals surface area contributed by atoms with E-state index in [9.17, 15) is 19.8 Å². The van der Waals surface area contributed by atoms with Crippen LogP contribution in [0.4, 0.5) is 0 Å². The van der Waals surface area contributed by atoms with Crippen LogP contribution in [0, 0.1) is 6.92 Å². The molecule has 0 saturated carbocycles. The Bertz CT molecular complexity index is 891. The minimum Gasteiger partial charge on any atom is -0.491 e. The molecular formula is C24H30O7. The molecule has 0 radical (unpaired) electrons. The van der Waals surface area contributed by atoms with Gasteiger partial charge in [0, 0.05) is 12.0 Å². The fraction of sp³-hybridized carbons (Fsp3) is 0.417. The van der Waals surface area contributed by atoms with Crippen LogP contribution < -0.4 is 9.47 Å². The lowest BCUT2D eigenvalue weighted by Gasteiger charge is -2.17. The van der Waals surface area contributed by atoms with Gasteiger partial charge in [-0.05, 0) is 69.2 Å². The first-order valence-corrected chi connectivity index (χ1v) is 10.2. The minimum atomic E-state index is -1.01. The summed E-state index contributed by atoms with van der Waals surface area (Å²) in [5, 5.41) is 19.5. The molecule has 2 unspecified atom stereocenters. The minimum absolute atomic E-state index is 0.0128. The first-order valence-electron chi connectivity index (χ1n) is 10.2. The van der Waals surface area contributed by atoms with Crippen molar-refractivity contribution in [1.82, 2.24) is 0 Å². The number of benzene rings is 2. The van der Waals surface area contributed by atoms with E-state index in [0.29, 0.717) is 17.1 Å². The standard InChI is InChI=1S/C24H30O7/c1-15(2)31-23(24(27)28)12-18-6-5-7-21(11-18)29-13-20(26)14-30-22-9-8-19(17(4)25)10-16(22)3/h5-11,15,20,23,26H,12-14H2,1-4H3,(H,27,28). The number of aliphatic hydroxyl groups excluding tert-OH is 1. The van der Waals surface area contributed by atoms with Crippen molar-refractivity contribution < 1.29 is 34.0 Å². The topological polar surface area (TPSA) is 102 Å². The molecule has 2 N–H and O–H groups in total. The zero-order valence-corrected chi connectivity index (χ0v) is 18.3. The van der Waals surface area contributed by atoms with Crippen LogP contribution in [-0.2, 0) is 16.0 Å². The average Bonchev–Trinajstić information content (AvgIpc) is 2.70. The monoisotopic (exact) mass is 430 g/mol. The van der Waals surface area contributed by atoms with Gasteiger partial charge in [-0.15, -0.1) is 0 Å². The van der Waals surface area contributed by atoms with Gasteiger partial charge in [-0.2, -0.15) is 0 Å². The number of aliphatic hydroxyl groups is 1. The number of aryl methyl sites for hydroxylation is 1. The SMILES string of the molecule is CC(=O)c1ccc(OCC(O)COc2cccc(CC(OC(C)C)C(=O)O)c2)c(C)c1. The zero-order chi connectivity index (χ0) is 23.0. The molecule has 7 nitrogen and oxygen atoms in total. The van der Waals surface area contributed by atoms with Crippen molar-refractivity contribution in [3.8, 4) is 11.5 Å². The number of ether oxygens (including phenoxy) is 3. The molecule has 2 aromatic carbocycles. The molecule has 0 aliphatic heterocycles. The molecule has 2 atom stereocenters. The summed E-state index contributed by atoms with van der Waals surface area (Å²) in [6.45, 7) is 6.96. The van der Waals surface area contributed by atoms with Crippen molar-refractivity contribution in [2.45, 2.75) is 52.4 Å². The Morgan fingerprint density at radius 2 is 1.74 bits per heavy atom. The molecule has 0 aliphatic rings. The summed E-state index contributed by atoms with van der Waals surface area (Å²) >= 11 is 0. The Labute approximate surface area is 182 Å². The van der Waals surface area contributed by atoms with Gasteiger partial charge in [0.25, 0.3) is 0 Å². The third-order valence-electron chi connectivity index (χ3n) is 4.49. The molecule has 168 valence electrons. The van der Waals surface area contributed by atoms with E-state index in [1.54, 1.807) is 56.3 Å². The maximum Gasteiger partial charge on any atom is 0.333 e. The highest BCUT2D eigenvalue weighted by molar-refractivity contribution is 5.94. The fourth-order valence-corrected chi connectivity index (χ4v) is 2.96. The van der Waals surface area contributed by atoms with Gasteiger partial charge in [-0.1, -0.05) is 12.1 Å². The quantitative estimate of drug-likeness (QED) is 0.497. The second-order valence-corrected chi connectivity index (χ2v) is 7.68. The number of ketones is 1. The van der Waals surface area contributed by atoms with Gasteiger partial charge >= 0.3 is 5.97 Å². The summed E-state index contributed by atoms with van der Waals surface area (Å²) in [6, 6.07) is 12.2. The molecule has 0 spiro atoms. The number of aliphatic carboxylic acids is 1. The van der Waals surface area contributed by atoms with E-state index in [0.717, 1.165) is 11.1 Å². The molecule has 0 heterocycles. The number of carboxylic acids is 1.